The van der Waals surface area contributed by atoms with Crippen molar-refractivity contribution in [3.8, 4) is 0 Å². The Morgan fingerprint density at radius 2 is 1.13 bits per heavy atom. The van der Waals surface area contributed by atoms with Crippen molar-refractivity contribution in [1.82, 2.24) is 0 Å². The summed E-state index contributed by atoms with van der Waals surface area (Å²) in [5, 5.41) is 8.53. The molecule has 0 radical (unpaired) electrons. The lowest BCUT2D eigenvalue weighted by Crippen LogP contribution is -2.49. The number of hydrogen-bond acceptors (Lipinski definition) is 2. The summed E-state index contributed by atoms with van der Waals surface area (Å²) in [6, 6.07) is 0. The van der Waals surface area contributed by atoms with Gasteiger partial charge in [-0.15, -0.1) is 0 Å². The highest BCUT2D eigenvalue weighted by molar-refractivity contribution is 7.53. The molecule has 0 bridgehead atoms. The highest BCUT2D eigenvalue weighted by Crippen LogP contribution is 2.52. The molecule has 1 unspecified atom stereocenters. The zero-order valence-corrected chi connectivity index (χ0v) is 21.7. The van der Waals surface area contributed by atoms with Crippen LogP contribution in [0.4, 0.5) is 0 Å². The van der Waals surface area contributed by atoms with E-state index in [-0.39, 0.29) is 13.0 Å². The standard InChI is InChI=1S/C25H50NO4P/c1-5-6-7-8-9-10-11-12-13-14-15-16-17-18-19-20-21-22-23-25(27,31(28,29)30)24-26(2,3)4/h16-17,20-21,27H,5-15,18-19,22-24H2,1-4H3,(H-,28,29,30)/p+1/b17-16-,21-20-. The van der Waals surface area contributed by atoms with Gasteiger partial charge in [-0.05, 0) is 38.5 Å². The van der Waals surface area contributed by atoms with Gasteiger partial charge in [0, 0.05) is 0 Å². The molecule has 0 spiro atoms. The van der Waals surface area contributed by atoms with Crippen LogP contribution in [0.2, 0.25) is 0 Å². The molecule has 0 rings (SSSR count). The Kier molecular flexibility index (Phi) is 16.8. The molecule has 0 aliphatic rings. The van der Waals surface area contributed by atoms with Crippen LogP contribution in [0, 0.1) is 0 Å². The Hall–Kier alpha value is -0.450. The van der Waals surface area contributed by atoms with E-state index in [2.05, 4.69) is 19.1 Å². The summed E-state index contributed by atoms with van der Waals surface area (Å²) in [5.41, 5.74) is 0. The molecule has 0 fully saturated rings. The maximum Gasteiger partial charge on any atom is 0.362 e. The average Bonchev–Trinajstić information content (AvgIpc) is 2.65. The van der Waals surface area contributed by atoms with E-state index >= 15 is 0 Å². The second-order valence-corrected chi connectivity index (χ2v) is 11.9. The lowest BCUT2D eigenvalue weighted by molar-refractivity contribution is -0.875. The van der Waals surface area contributed by atoms with Crippen LogP contribution in [0.3, 0.4) is 0 Å². The van der Waals surface area contributed by atoms with Crippen molar-refractivity contribution in [2.24, 2.45) is 0 Å². The summed E-state index contributed by atoms with van der Waals surface area (Å²) in [7, 11) is 0.872. The lowest BCUT2D eigenvalue weighted by Gasteiger charge is -2.35. The number of aliphatic hydroxyl groups is 1. The molecule has 0 aliphatic carbocycles. The van der Waals surface area contributed by atoms with Gasteiger partial charge in [0.1, 0.15) is 6.54 Å². The molecule has 0 saturated heterocycles. The third-order valence-corrected chi connectivity index (χ3v) is 6.99. The molecular weight excluding hydrogens is 409 g/mol. The molecule has 184 valence electrons. The summed E-state index contributed by atoms with van der Waals surface area (Å²) in [5.74, 6) is 0. The van der Waals surface area contributed by atoms with Crippen LogP contribution >= 0.6 is 7.60 Å². The Balaban J connectivity index is 3.77. The quantitative estimate of drug-likeness (QED) is 0.0834. The SMILES string of the molecule is CCCCCCCCCCCC/C=C\CC/C=C\CCC(O)(C[N+](C)(C)C)P(=O)(O)O. The minimum absolute atomic E-state index is 0.0206. The van der Waals surface area contributed by atoms with Crippen LogP contribution in [0.5, 0.6) is 0 Å². The Labute approximate surface area is 192 Å². The Bertz CT molecular complexity index is 536. The largest absolute Gasteiger partial charge is 0.373 e. The molecule has 5 nitrogen and oxygen atoms in total. The molecule has 31 heavy (non-hydrogen) atoms. The van der Waals surface area contributed by atoms with Crippen molar-refractivity contribution in [1.29, 1.82) is 0 Å². The molecule has 6 heteroatoms. The first-order valence-corrected chi connectivity index (χ1v) is 14.0. The van der Waals surface area contributed by atoms with Crippen molar-refractivity contribution < 1.29 is 23.9 Å². The van der Waals surface area contributed by atoms with Gasteiger partial charge in [0.2, 0.25) is 5.34 Å². The van der Waals surface area contributed by atoms with E-state index in [4.69, 9.17) is 0 Å². The van der Waals surface area contributed by atoms with Crippen LogP contribution in [0.25, 0.3) is 0 Å². The van der Waals surface area contributed by atoms with Gasteiger partial charge in [0.25, 0.3) is 0 Å². The van der Waals surface area contributed by atoms with E-state index in [9.17, 15) is 19.5 Å². The number of unbranched alkanes of at least 4 members (excludes halogenated alkanes) is 11. The lowest BCUT2D eigenvalue weighted by atomic mass is 10.1. The second kappa shape index (κ2) is 17.1. The normalized spacial score (nSPS) is 15.2. The molecule has 0 amide bonds. The van der Waals surface area contributed by atoms with Gasteiger partial charge in [-0.25, -0.2) is 0 Å². The Morgan fingerprint density at radius 3 is 1.58 bits per heavy atom. The van der Waals surface area contributed by atoms with Crippen molar-refractivity contribution in [2.45, 2.75) is 109 Å². The average molecular weight is 461 g/mol. The predicted octanol–water partition coefficient (Wildman–Crippen LogP) is 6.54. The van der Waals surface area contributed by atoms with Crippen LogP contribution < -0.4 is 0 Å². The molecule has 0 aromatic rings. The summed E-state index contributed by atoms with van der Waals surface area (Å²) in [6.45, 7) is 2.28. The number of nitrogens with zero attached hydrogens (tertiary/aromatic N) is 1. The molecule has 0 aliphatic heterocycles. The first-order chi connectivity index (χ1) is 14.5. The van der Waals surface area contributed by atoms with Crippen molar-refractivity contribution in [3.63, 3.8) is 0 Å². The van der Waals surface area contributed by atoms with Gasteiger partial charge < -0.3 is 19.4 Å². The van der Waals surface area contributed by atoms with Gasteiger partial charge in [0.05, 0.1) is 21.1 Å². The van der Waals surface area contributed by atoms with Crippen molar-refractivity contribution in [3.05, 3.63) is 24.3 Å². The van der Waals surface area contributed by atoms with E-state index < -0.39 is 12.9 Å². The maximum absolute atomic E-state index is 11.7. The number of allylic oxidation sites excluding steroid dienone is 4. The monoisotopic (exact) mass is 460 g/mol. The van der Waals surface area contributed by atoms with Crippen LogP contribution in [0.15, 0.2) is 24.3 Å². The third-order valence-electron chi connectivity index (χ3n) is 5.54. The van der Waals surface area contributed by atoms with Gasteiger partial charge in [-0.2, -0.15) is 0 Å². The first-order valence-electron chi connectivity index (χ1n) is 12.4. The molecule has 0 saturated carbocycles. The summed E-state index contributed by atoms with van der Waals surface area (Å²) in [6.07, 6.45) is 25.7. The van der Waals surface area contributed by atoms with E-state index in [0.717, 1.165) is 19.3 Å². The summed E-state index contributed by atoms with van der Waals surface area (Å²) in [4.78, 5) is 19.1. The topological polar surface area (TPSA) is 77.8 Å². The Morgan fingerprint density at radius 1 is 0.710 bits per heavy atom. The fraction of sp³-hybridized carbons (Fsp3) is 0.840. The second-order valence-electron chi connectivity index (χ2n) is 10.0. The van der Waals surface area contributed by atoms with Gasteiger partial charge in [-0.1, -0.05) is 89.0 Å². The molecule has 1 atom stereocenters. The van der Waals surface area contributed by atoms with Crippen LogP contribution in [-0.2, 0) is 4.57 Å². The first kappa shape index (κ1) is 30.6. The fourth-order valence-corrected chi connectivity index (χ4v) is 4.83. The number of rotatable bonds is 20. The smallest absolute Gasteiger partial charge is 0.362 e. The van der Waals surface area contributed by atoms with Crippen molar-refractivity contribution >= 4 is 7.60 Å². The minimum atomic E-state index is -4.58. The van der Waals surface area contributed by atoms with E-state index in [0.29, 0.717) is 10.9 Å². The van der Waals surface area contributed by atoms with Gasteiger partial charge in [0.15, 0.2) is 0 Å². The third kappa shape index (κ3) is 17.7. The highest BCUT2D eigenvalue weighted by Gasteiger charge is 2.48. The van der Waals surface area contributed by atoms with Gasteiger partial charge in [-0.3, -0.25) is 4.57 Å². The molecular formula is C25H51NO4P+. The van der Waals surface area contributed by atoms with Crippen LogP contribution in [0.1, 0.15) is 103 Å². The maximum atomic E-state index is 11.7. The number of quaternary nitrogens is 1. The van der Waals surface area contributed by atoms with Crippen LogP contribution in [-0.4, -0.2) is 52.4 Å². The van der Waals surface area contributed by atoms with E-state index in [1.165, 1.54) is 64.2 Å². The van der Waals surface area contributed by atoms with Crippen molar-refractivity contribution in [2.75, 3.05) is 27.7 Å². The molecule has 3 N–H and O–H groups in total. The zero-order chi connectivity index (χ0) is 23.6. The molecule has 0 heterocycles. The fourth-order valence-electron chi connectivity index (χ4n) is 3.80. The minimum Gasteiger partial charge on any atom is -0.373 e. The number of hydrogen-bond donors (Lipinski definition) is 3. The zero-order valence-electron chi connectivity index (χ0n) is 20.8. The summed E-state index contributed by atoms with van der Waals surface area (Å²) < 4.78 is 12.0. The van der Waals surface area contributed by atoms with E-state index in [1.54, 1.807) is 0 Å². The predicted molar refractivity (Wildman–Crippen MR) is 133 cm³/mol. The van der Waals surface area contributed by atoms with Gasteiger partial charge >= 0.3 is 7.60 Å². The molecule has 0 aromatic heterocycles. The highest BCUT2D eigenvalue weighted by atomic mass is 31.2. The summed E-state index contributed by atoms with van der Waals surface area (Å²) >= 11 is 0. The van der Waals surface area contributed by atoms with E-state index in [1.807, 2.05) is 33.3 Å². The number of likely N-dealkylation sites (N-methyl/N-ethyl adjacent to an activating group) is 1. The molecule has 0 aromatic carbocycles.